The molecule has 0 saturated carbocycles. The Balaban J connectivity index is 1.52. The Morgan fingerprint density at radius 3 is 3.04 bits per heavy atom. The van der Waals surface area contributed by atoms with Crippen LogP contribution in [0.15, 0.2) is 41.1 Å². The summed E-state index contributed by atoms with van der Waals surface area (Å²) in [5.41, 5.74) is 0. The van der Waals surface area contributed by atoms with Crippen molar-refractivity contribution in [1.29, 1.82) is 0 Å². The zero-order valence-electron chi connectivity index (χ0n) is 14.1. The van der Waals surface area contributed by atoms with Gasteiger partial charge in [0, 0.05) is 36.0 Å². The molecule has 2 aromatic heterocycles. The lowest BCUT2D eigenvalue weighted by Gasteiger charge is -2.28. The predicted octanol–water partition coefficient (Wildman–Crippen LogP) is 2.17. The minimum absolute atomic E-state index is 0.0682. The molecule has 0 radical (unpaired) electrons. The maximum absolute atomic E-state index is 12.2. The van der Waals surface area contributed by atoms with Gasteiger partial charge in [0.15, 0.2) is 5.82 Å². The van der Waals surface area contributed by atoms with Crippen LogP contribution in [0.2, 0.25) is 0 Å². The minimum Gasteiger partial charge on any atom is -0.351 e. The summed E-state index contributed by atoms with van der Waals surface area (Å²) < 4.78 is 0.882. The Labute approximate surface area is 155 Å². The Morgan fingerprint density at radius 2 is 2.32 bits per heavy atom. The molecule has 1 saturated heterocycles. The molecular formula is C17H21BrN6O. The van der Waals surface area contributed by atoms with Crippen molar-refractivity contribution in [2.75, 3.05) is 36.9 Å². The molecule has 1 aliphatic rings. The summed E-state index contributed by atoms with van der Waals surface area (Å²) in [6.45, 7) is 2.10. The van der Waals surface area contributed by atoms with Crippen molar-refractivity contribution in [2.45, 2.75) is 18.9 Å². The van der Waals surface area contributed by atoms with Gasteiger partial charge in [-0.05, 0) is 60.1 Å². The molecule has 1 fully saturated rings. The molecule has 1 unspecified atom stereocenters. The topological polar surface area (TPSA) is 74.2 Å². The highest BCUT2D eigenvalue weighted by Gasteiger charge is 2.27. The number of carbonyl (C=O) groups is 1. The molecule has 0 aromatic carbocycles. The molecule has 7 nitrogen and oxygen atoms in total. The van der Waals surface area contributed by atoms with Crippen molar-refractivity contribution < 1.29 is 4.79 Å². The van der Waals surface area contributed by atoms with Crippen LogP contribution in [-0.4, -0.2) is 58.7 Å². The van der Waals surface area contributed by atoms with E-state index in [0.717, 1.165) is 36.2 Å². The molecule has 3 heterocycles. The number of nitrogens with one attached hydrogen (secondary N) is 1. The number of carbonyl (C=O) groups excluding carboxylic acids is 1. The van der Waals surface area contributed by atoms with Crippen LogP contribution < -0.4 is 10.2 Å². The van der Waals surface area contributed by atoms with Crippen LogP contribution in [0, 0.1) is 0 Å². The number of hydrogen-bond donors (Lipinski definition) is 1. The van der Waals surface area contributed by atoms with Crippen LogP contribution in [0.3, 0.4) is 0 Å². The molecule has 0 aliphatic carbocycles. The predicted molar refractivity (Wildman–Crippen MR) is 100 cm³/mol. The van der Waals surface area contributed by atoms with Gasteiger partial charge < -0.3 is 10.2 Å². The van der Waals surface area contributed by atoms with E-state index < -0.39 is 0 Å². The number of pyridine rings is 1. The number of anilines is 2. The average Bonchev–Trinajstić information content (AvgIpc) is 3.05. The highest BCUT2D eigenvalue weighted by molar-refractivity contribution is 9.10. The van der Waals surface area contributed by atoms with E-state index in [2.05, 4.69) is 41.3 Å². The van der Waals surface area contributed by atoms with Gasteiger partial charge in [0.2, 0.25) is 5.91 Å². The van der Waals surface area contributed by atoms with Gasteiger partial charge in [-0.1, -0.05) is 0 Å². The first-order valence-corrected chi connectivity index (χ1v) is 9.05. The van der Waals surface area contributed by atoms with Gasteiger partial charge in [0.1, 0.15) is 5.82 Å². The highest BCUT2D eigenvalue weighted by Crippen LogP contribution is 2.23. The molecule has 1 atom stereocenters. The zero-order valence-corrected chi connectivity index (χ0v) is 15.7. The monoisotopic (exact) mass is 404 g/mol. The van der Waals surface area contributed by atoms with Crippen molar-refractivity contribution in [3.8, 4) is 0 Å². The molecular weight excluding hydrogens is 384 g/mol. The zero-order chi connectivity index (χ0) is 17.6. The molecule has 8 heteroatoms. The number of aromatic nitrogens is 3. The van der Waals surface area contributed by atoms with Crippen molar-refractivity contribution in [3.05, 3.63) is 41.1 Å². The molecule has 25 heavy (non-hydrogen) atoms. The quantitative estimate of drug-likeness (QED) is 0.794. The number of hydrogen-bond acceptors (Lipinski definition) is 6. The van der Waals surface area contributed by atoms with E-state index in [1.165, 1.54) is 0 Å². The van der Waals surface area contributed by atoms with Crippen LogP contribution in [-0.2, 0) is 4.79 Å². The second kappa shape index (κ2) is 8.35. The van der Waals surface area contributed by atoms with E-state index >= 15 is 0 Å². The van der Waals surface area contributed by atoms with Crippen LogP contribution in [0.4, 0.5) is 11.6 Å². The largest absolute Gasteiger partial charge is 0.351 e. The van der Waals surface area contributed by atoms with E-state index in [-0.39, 0.29) is 5.91 Å². The Morgan fingerprint density at radius 1 is 1.44 bits per heavy atom. The summed E-state index contributed by atoms with van der Waals surface area (Å²) >= 11 is 3.33. The van der Waals surface area contributed by atoms with Crippen LogP contribution in [0.1, 0.15) is 12.8 Å². The van der Waals surface area contributed by atoms with Gasteiger partial charge >= 0.3 is 0 Å². The summed E-state index contributed by atoms with van der Waals surface area (Å²) in [7, 11) is 1.96. The van der Waals surface area contributed by atoms with Crippen molar-refractivity contribution >= 4 is 33.5 Å². The molecule has 0 bridgehead atoms. The minimum atomic E-state index is -0.0682. The van der Waals surface area contributed by atoms with Crippen molar-refractivity contribution in [1.82, 2.24) is 20.1 Å². The SMILES string of the molecule is CN(CC(=O)Nc1ccc(Br)cn1)CC1CCCN1c1cccnn1. The fourth-order valence-electron chi connectivity index (χ4n) is 3.08. The number of rotatable bonds is 6. The van der Waals surface area contributed by atoms with Gasteiger partial charge in [0.05, 0.1) is 6.54 Å². The second-order valence-corrected chi connectivity index (χ2v) is 7.09. The number of amides is 1. The first-order chi connectivity index (χ1) is 12.1. The van der Waals surface area contributed by atoms with E-state index in [1.807, 2.05) is 30.1 Å². The third-order valence-electron chi connectivity index (χ3n) is 4.16. The van der Waals surface area contributed by atoms with Gasteiger partial charge in [-0.2, -0.15) is 5.10 Å². The van der Waals surface area contributed by atoms with Crippen LogP contribution >= 0.6 is 15.9 Å². The van der Waals surface area contributed by atoms with Crippen molar-refractivity contribution in [2.24, 2.45) is 0 Å². The highest BCUT2D eigenvalue weighted by atomic mass is 79.9. The number of nitrogens with zero attached hydrogens (tertiary/aromatic N) is 5. The van der Waals surface area contributed by atoms with Crippen molar-refractivity contribution in [3.63, 3.8) is 0 Å². The molecule has 2 aromatic rings. The average molecular weight is 405 g/mol. The van der Waals surface area contributed by atoms with Crippen LogP contribution in [0.25, 0.3) is 0 Å². The fourth-order valence-corrected chi connectivity index (χ4v) is 3.31. The van der Waals surface area contributed by atoms with Gasteiger partial charge in [0.25, 0.3) is 0 Å². The van der Waals surface area contributed by atoms with Gasteiger partial charge in [-0.3, -0.25) is 9.69 Å². The van der Waals surface area contributed by atoms with E-state index in [0.29, 0.717) is 18.4 Å². The van der Waals surface area contributed by atoms with E-state index in [1.54, 1.807) is 18.5 Å². The van der Waals surface area contributed by atoms with E-state index in [9.17, 15) is 4.79 Å². The number of halogens is 1. The lowest BCUT2D eigenvalue weighted by molar-refractivity contribution is -0.117. The summed E-state index contributed by atoms with van der Waals surface area (Å²) in [4.78, 5) is 20.7. The maximum atomic E-state index is 12.2. The Hall–Kier alpha value is -2.06. The first-order valence-electron chi connectivity index (χ1n) is 8.26. The molecule has 0 spiro atoms. The molecule has 1 aliphatic heterocycles. The summed E-state index contributed by atoms with van der Waals surface area (Å²) in [6.07, 6.45) is 5.57. The molecule has 132 valence electrons. The standard InChI is InChI=1S/C17H21BrN6O/c1-23(12-17(25)21-15-7-6-13(18)10-19-15)11-14-4-3-9-24(14)16-5-2-8-20-22-16/h2,5-8,10,14H,3-4,9,11-12H2,1H3,(H,19,21,25). The third-order valence-corrected chi connectivity index (χ3v) is 4.63. The fraction of sp³-hybridized carbons (Fsp3) is 0.412. The lowest BCUT2D eigenvalue weighted by Crippen LogP contribution is -2.42. The molecule has 3 rings (SSSR count). The number of likely N-dealkylation sites (N-methyl/N-ethyl adjacent to an activating group) is 1. The first kappa shape index (κ1) is 17.8. The second-order valence-electron chi connectivity index (χ2n) is 6.18. The Bertz CT molecular complexity index is 696. The normalized spacial score (nSPS) is 17.1. The molecule has 1 amide bonds. The maximum Gasteiger partial charge on any atom is 0.239 e. The summed E-state index contributed by atoms with van der Waals surface area (Å²) in [5.74, 6) is 1.40. The van der Waals surface area contributed by atoms with Gasteiger partial charge in [-0.15, -0.1) is 5.10 Å². The lowest BCUT2D eigenvalue weighted by atomic mass is 10.2. The smallest absolute Gasteiger partial charge is 0.239 e. The molecule has 1 N–H and O–H groups in total. The van der Waals surface area contributed by atoms with Crippen LogP contribution in [0.5, 0.6) is 0 Å². The summed E-state index contributed by atoms with van der Waals surface area (Å²) in [6, 6.07) is 7.86. The summed E-state index contributed by atoms with van der Waals surface area (Å²) in [5, 5.41) is 11.0. The third kappa shape index (κ3) is 4.96. The Kier molecular flexibility index (Phi) is 5.93. The van der Waals surface area contributed by atoms with Gasteiger partial charge in [-0.25, -0.2) is 4.98 Å². The van der Waals surface area contributed by atoms with E-state index in [4.69, 9.17) is 0 Å².